The van der Waals surface area contributed by atoms with Crippen LogP contribution in [0.15, 0.2) is 64.3 Å². The third-order valence-electron chi connectivity index (χ3n) is 6.07. The molecule has 0 spiro atoms. The molecular weight excluding hydrogens is 472 g/mol. The first-order valence-electron chi connectivity index (χ1n) is 11.2. The van der Waals surface area contributed by atoms with Crippen molar-refractivity contribution in [2.45, 2.75) is 38.5 Å². The number of ether oxygens (including phenoxy) is 1. The average Bonchev–Trinajstić information content (AvgIpc) is 3.36. The van der Waals surface area contributed by atoms with Crippen molar-refractivity contribution in [3.8, 4) is 0 Å². The van der Waals surface area contributed by atoms with Gasteiger partial charge in [-0.2, -0.15) is 11.8 Å². The fraction of sp³-hybridized carbons (Fsp3) is 0.360. The second-order valence-electron chi connectivity index (χ2n) is 8.22. The number of allylic oxidation sites excluding steroid dienone is 3. The molecule has 1 N–H and O–H groups in total. The molecule has 0 unspecified atom stereocenters. The number of dihydropyridines is 1. The minimum absolute atomic E-state index is 0.0528. The Morgan fingerprint density at radius 1 is 1.29 bits per heavy atom. The van der Waals surface area contributed by atoms with Crippen LogP contribution >= 0.6 is 23.1 Å². The number of nitro groups is 1. The molecule has 0 amide bonds. The summed E-state index contributed by atoms with van der Waals surface area (Å²) in [5.41, 5.74) is 2.70. The van der Waals surface area contributed by atoms with Gasteiger partial charge in [0, 0.05) is 58.0 Å². The van der Waals surface area contributed by atoms with Gasteiger partial charge < -0.3 is 10.1 Å². The highest BCUT2D eigenvalue weighted by atomic mass is 32.2. The van der Waals surface area contributed by atoms with Gasteiger partial charge in [0.2, 0.25) is 0 Å². The lowest BCUT2D eigenvalue weighted by Crippen LogP contribution is -2.36. The average molecular weight is 499 g/mol. The van der Waals surface area contributed by atoms with Crippen LogP contribution in [0.3, 0.4) is 0 Å². The van der Waals surface area contributed by atoms with E-state index >= 15 is 0 Å². The standard InChI is InChI=1S/C25H26N2O5S2/c1-3-33-11-9-32-25(29)22-15(2)26-19-13-17(21-8-5-10-34-21)14-20(28)24(19)23(22)16-6-4-7-18(12-16)27(30)31/h4-8,10,12,17,23,26H,3,9,11,13-14H2,1-2H3/t17-,23+/m0/s1. The monoisotopic (exact) mass is 498 g/mol. The zero-order chi connectivity index (χ0) is 24.2. The summed E-state index contributed by atoms with van der Waals surface area (Å²) in [6.07, 6.45) is 0.973. The van der Waals surface area contributed by atoms with Crippen molar-refractivity contribution >= 4 is 40.5 Å². The lowest BCUT2D eigenvalue weighted by molar-refractivity contribution is -0.384. The highest BCUT2D eigenvalue weighted by Gasteiger charge is 2.41. The molecule has 1 aromatic carbocycles. The number of thiophene rings is 1. The maximum absolute atomic E-state index is 13.5. The first-order valence-corrected chi connectivity index (χ1v) is 13.2. The second-order valence-corrected chi connectivity index (χ2v) is 10.6. The van der Waals surface area contributed by atoms with Crippen LogP contribution in [0.5, 0.6) is 0 Å². The summed E-state index contributed by atoms with van der Waals surface area (Å²) in [4.78, 5) is 38.8. The first-order chi connectivity index (χ1) is 16.4. The SMILES string of the molecule is CCSCCOC(=O)C1=C(C)NC2=C(C(=O)C[C@@H](c3cccs3)C2)[C@@H]1c1cccc([N+](=O)[O-])c1. The Morgan fingerprint density at radius 3 is 2.82 bits per heavy atom. The van der Waals surface area contributed by atoms with Gasteiger partial charge in [0.1, 0.15) is 6.61 Å². The quantitative estimate of drug-likeness (QED) is 0.228. The fourth-order valence-corrected chi connectivity index (χ4v) is 5.92. The predicted molar refractivity (Wildman–Crippen MR) is 134 cm³/mol. The van der Waals surface area contributed by atoms with E-state index in [0.717, 1.165) is 16.3 Å². The number of hydrogen-bond donors (Lipinski definition) is 1. The number of rotatable bonds is 8. The molecule has 1 aromatic heterocycles. The van der Waals surface area contributed by atoms with Crippen LogP contribution in [-0.2, 0) is 14.3 Å². The molecule has 9 heteroatoms. The molecule has 0 saturated heterocycles. The molecule has 178 valence electrons. The van der Waals surface area contributed by atoms with E-state index < -0.39 is 16.8 Å². The Morgan fingerprint density at radius 2 is 2.12 bits per heavy atom. The van der Waals surface area contributed by atoms with Gasteiger partial charge in [0.15, 0.2) is 5.78 Å². The molecule has 2 atom stereocenters. The zero-order valence-electron chi connectivity index (χ0n) is 19.0. The number of carbonyl (C=O) groups excluding carboxylic acids is 2. The first kappa shape index (κ1) is 24.2. The highest BCUT2D eigenvalue weighted by molar-refractivity contribution is 7.99. The highest BCUT2D eigenvalue weighted by Crippen LogP contribution is 2.46. The van der Waals surface area contributed by atoms with Crippen molar-refractivity contribution in [1.29, 1.82) is 0 Å². The third-order valence-corrected chi connectivity index (χ3v) is 7.97. The molecule has 1 aliphatic heterocycles. The summed E-state index contributed by atoms with van der Waals surface area (Å²) in [5.74, 6) is 0.406. The van der Waals surface area contributed by atoms with Crippen LogP contribution in [0, 0.1) is 10.1 Å². The van der Waals surface area contributed by atoms with E-state index in [2.05, 4.69) is 5.32 Å². The van der Waals surface area contributed by atoms with Gasteiger partial charge >= 0.3 is 5.97 Å². The van der Waals surface area contributed by atoms with Crippen LogP contribution in [0.1, 0.15) is 49.0 Å². The molecule has 7 nitrogen and oxygen atoms in total. The third kappa shape index (κ3) is 4.95. The number of ketones is 1. The molecular formula is C25H26N2O5S2. The molecule has 0 radical (unpaired) electrons. The van der Waals surface area contributed by atoms with Crippen LogP contribution in [0.25, 0.3) is 0 Å². The molecule has 2 heterocycles. The van der Waals surface area contributed by atoms with Gasteiger partial charge in [-0.1, -0.05) is 25.1 Å². The number of nitrogens with zero attached hydrogens (tertiary/aromatic N) is 1. The number of hydrogen-bond acceptors (Lipinski definition) is 8. The minimum atomic E-state index is -0.709. The second kappa shape index (κ2) is 10.6. The van der Waals surface area contributed by atoms with Crippen LogP contribution < -0.4 is 5.32 Å². The van der Waals surface area contributed by atoms with E-state index in [0.29, 0.717) is 41.0 Å². The normalized spacial score (nSPS) is 20.1. The molecule has 0 bridgehead atoms. The Balaban J connectivity index is 1.75. The molecule has 4 rings (SSSR count). The van der Waals surface area contributed by atoms with Gasteiger partial charge in [0.05, 0.1) is 10.5 Å². The van der Waals surface area contributed by atoms with Crippen molar-refractivity contribution in [3.63, 3.8) is 0 Å². The Bertz CT molecular complexity index is 1170. The largest absolute Gasteiger partial charge is 0.461 e. The predicted octanol–water partition coefficient (Wildman–Crippen LogP) is 5.31. The van der Waals surface area contributed by atoms with E-state index in [1.807, 2.05) is 24.4 Å². The summed E-state index contributed by atoms with van der Waals surface area (Å²) >= 11 is 3.30. The topological polar surface area (TPSA) is 98.5 Å². The number of non-ortho nitro benzene ring substituents is 1. The summed E-state index contributed by atoms with van der Waals surface area (Å²) in [6, 6.07) is 10.2. The number of esters is 1. The Kier molecular flexibility index (Phi) is 7.53. The van der Waals surface area contributed by atoms with Crippen molar-refractivity contribution in [3.05, 3.63) is 84.9 Å². The maximum atomic E-state index is 13.5. The minimum Gasteiger partial charge on any atom is -0.461 e. The van der Waals surface area contributed by atoms with Gasteiger partial charge in [-0.3, -0.25) is 14.9 Å². The van der Waals surface area contributed by atoms with E-state index in [4.69, 9.17) is 4.74 Å². The van der Waals surface area contributed by atoms with Gasteiger partial charge in [-0.05, 0) is 36.1 Å². The van der Waals surface area contributed by atoms with Gasteiger partial charge in [-0.25, -0.2) is 4.79 Å². The Labute approximate surface area is 206 Å². The van der Waals surface area contributed by atoms with E-state index in [1.54, 1.807) is 42.2 Å². The number of nitro benzene ring substituents is 1. The molecule has 1 aliphatic carbocycles. The number of thioether (sulfide) groups is 1. The van der Waals surface area contributed by atoms with Crippen molar-refractivity contribution in [2.24, 2.45) is 0 Å². The van der Waals surface area contributed by atoms with Crippen LogP contribution in [0.4, 0.5) is 5.69 Å². The summed E-state index contributed by atoms with van der Waals surface area (Å²) in [7, 11) is 0. The summed E-state index contributed by atoms with van der Waals surface area (Å²) in [6.45, 7) is 4.09. The maximum Gasteiger partial charge on any atom is 0.336 e. The Hall–Kier alpha value is -2.91. The summed E-state index contributed by atoms with van der Waals surface area (Å²) in [5, 5.41) is 16.8. The molecule has 2 aliphatic rings. The number of nitrogens with one attached hydrogen (secondary N) is 1. The van der Waals surface area contributed by atoms with E-state index in [-0.39, 0.29) is 24.0 Å². The number of benzene rings is 1. The zero-order valence-corrected chi connectivity index (χ0v) is 20.7. The van der Waals surface area contributed by atoms with Crippen LogP contribution in [0.2, 0.25) is 0 Å². The molecule has 0 fully saturated rings. The van der Waals surface area contributed by atoms with Gasteiger partial charge in [-0.15, -0.1) is 11.3 Å². The summed E-state index contributed by atoms with van der Waals surface area (Å²) < 4.78 is 5.55. The van der Waals surface area contributed by atoms with Crippen LogP contribution in [-0.4, -0.2) is 34.8 Å². The molecule has 2 aromatic rings. The molecule has 0 saturated carbocycles. The van der Waals surface area contributed by atoms with Crippen molar-refractivity contribution in [2.75, 3.05) is 18.1 Å². The van der Waals surface area contributed by atoms with Gasteiger partial charge in [0.25, 0.3) is 5.69 Å². The fourth-order valence-electron chi connectivity index (χ4n) is 4.60. The molecule has 34 heavy (non-hydrogen) atoms. The lowest BCUT2D eigenvalue weighted by atomic mass is 9.72. The number of Topliss-reactive ketones (excluding diaryl/α,β-unsaturated/α-hetero) is 1. The lowest BCUT2D eigenvalue weighted by Gasteiger charge is -2.36. The van der Waals surface area contributed by atoms with Crippen molar-refractivity contribution < 1.29 is 19.2 Å². The smallest absolute Gasteiger partial charge is 0.336 e. The number of carbonyl (C=O) groups is 2. The van der Waals surface area contributed by atoms with E-state index in [1.165, 1.54) is 12.1 Å². The van der Waals surface area contributed by atoms with E-state index in [9.17, 15) is 19.7 Å². The van der Waals surface area contributed by atoms with Crippen molar-refractivity contribution in [1.82, 2.24) is 5.32 Å².